The Kier molecular flexibility index (Phi) is 5.79. The molecule has 1 N–H and O–H groups in total. The van der Waals surface area contributed by atoms with Crippen LogP contribution in [-0.4, -0.2) is 22.3 Å². The van der Waals surface area contributed by atoms with E-state index in [4.69, 9.17) is 11.6 Å². The summed E-state index contributed by atoms with van der Waals surface area (Å²) in [7, 11) is 0. The van der Waals surface area contributed by atoms with Crippen LogP contribution in [0.4, 0.5) is 19.0 Å². The van der Waals surface area contributed by atoms with Crippen LogP contribution < -0.4 is 10.9 Å². The van der Waals surface area contributed by atoms with Crippen molar-refractivity contribution >= 4 is 17.4 Å². The summed E-state index contributed by atoms with van der Waals surface area (Å²) in [5.74, 6) is -0.533. The molecule has 0 atom stereocenters. The topological polar surface area (TPSA) is 46.9 Å². The van der Waals surface area contributed by atoms with Gasteiger partial charge in [0.15, 0.2) is 0 Å². The summed E-state index contributed by atoms with van der Waals surface area (Å²) in [6.45, 7) is 2.48. The average Bonchev–Trinajstić information content (AvgIpc) is 2.62. The Morgan fingerprint density at radius 1 is 1.19 bits per heavy atom. The van der Waals surface area contributed by atoms with E-state index in [0.717, 1.165) is 0 Å². The molecule has 0 unspecified atom stereocenters. The summed E-state index contributed by atoms with van der Waals surface area (Å²) in [6.07, 6.45) is -3.37. The maximum absolute atomic E-state index is 13.0. The molecule has 1 aromatic carbocycles. The highest BCUT2D eigenvalue weighted by atomic mass is 35.5. The number of rotatable bonds is 4. The number of benzene rings is 1. The molecular weight excluding hydrogens is 379 g/mol. The molecule has 27 heavy (non-hydrogen) atoms. The van der Waals surface area contributed by atoms with Crippen molar-refractivity contribution in [2.45, 2.75) is 44.7 Å². The molecule has 4 nitrogen and oxygen atoms in total. The number of nitrogens with zero attached hydrogens (tertiary/aromatic N) is 2. The third-order valence-corrected chi connectivity index (χ3v) is 5.19. The van der Waals surface area contributed by atoms with Crippen LogP contribution in [0.5, 0.6) is 0 Å². The molecule has 0 bridgehead atoms. The van der Waals surface area contributed by atoms with Gasteiger partial charge in [-0.15, -0.1) is 0 Å². The van der Waals surface area contributed by atoms with Gasteiger partial charge in [0, 0.05) is 23.6 Å². The zero-order valence-corrected chi connectivity index (χ0v) is 15.6. The molecule has 2 aromatic rings. The summed E-state index contributed by atoms with van der Waals surface area (Å²) in [5.41, 5.74) is 0.337. The van der Waals surface area contributed by atoms with Crippen LogP contribution in [0.1, 0.15) is 44.3 Å². The quantitative estimate of drug-likeness (QED) is 0.773. The molecule has 146 valence electrons. The minimum atomic E-state index is -4.17. The molecule has 0 spiro atoms. The van der Waals surface area contributed by atoms with Gasteiger partial charge in [0.1, 0.15) is 11.6 Å². The number of aromatic nitrogens is 2. The highest BCUT2D eigenvalue weighted by molar-refractivity contribution is 6.30. The molecule has 0 saturated heterocycles. The van der Waals surface area contributed by atoms with Gasteiger partial charge >= 0.3 is 6.18 Å². The first-order chi connectivity index (χ1) is 12.8. The minimum Gasteiger partial charge on any atom is -0.370 e. The van der Waals surface area contributed by atoms with E-state index >= 15 is 0 Å². The lowest BCUT2D eigenvalue weighted by Crippen LogP contribution is -2.31. The predicted octanol–water partition coefficient (Wildman–Crippen LogP) is 5.15. The Balaban J connectivity index is 1.99. The highest BCUT2D eigenvalue weighted by Gasteiger charge is 2.42. The second-order valence-electron chi connectivity index (χ2n) is 6.77. The van der Waals surface area contributed by atoms with Crippen molar-refractivity contribution in [3.63, 3.8) is 0 Å². The first-order valence-electron chi connectivity index (χ1n) is 9.00. The van der Waals surface area contributed by atoms with E-state index in [-0.39, 0.29) is 24.3 Å². The van der Waals surface area contributed by atoms with Crippen molar-refractivity contribution in [1.82, 2.24) is 9.55 Å². The largest absolute Gasteiger partial charge is 0.391 e. The standard InChI is InChI=1S/C19H21ClF3N3O/c1-2-24-16-11-17(27)26(15-9-7-14(20)8-10-15)18(25-16)12-3-5-13(6-4-12)19(21,22)23/h7-13,24H,2-6H2,1H3. The van der Waals surface area contributed by atoms with Gasteiger partial charge in [0.2, 0.25) is 0 Å². The van der Waals surface area contributed by atoms with Gasteiger partial charge in [-0.25, -0.2) is 4.98 Å². The molecule has 1 saturated carbocycles. The van der Waals surface area contributed by atoms with Crippen molar-refractivity contribution < 1.29 is 13.2 Å². The monoisotopic (exact) mass is 399 g/mol. The average molecular weight is 400 g/mol. The number of halogens is 4. The van der Waals surface area contributed by atoms with Crippen molar-refractivity contribution in [2.24, 2.45) is 5.92 Å². The summed E-state index contributed by atoms with van der Waals surface area (Å²) in [5, 5.41) is 3.56. The number of nitrogens with one attached hydrogen (secondary N) is 1. The number of alkyl halides is 3. The van der Waals surface area contributed by atoms with Gasteiger partial charge in [-0.2, -0.15) is 13.2 Å². The smallest absolute Gasteiger partial charge is 0.370 e. The Morgan fingerprint density at radius 2 is 1.81 bits per heavy atom. The van der Waals surface area contributed by atoms with Crippen LogP contribution in [0, 0.1) is 5.92 Å². The van der Waals surface area contributed by atoms with Crippen molar-refractivity contribution in [3.8, 4) is 5.69 Å². The van der Waals surface area contributed by atoms with Crippen LogP contribution >= 0.6 is 11.6 Å². The van der Waals surface area contributed by atoms with E-state index in [1.54, 1.807) is 24.3 Å². The molecule has 1 aromatic heterocycles. The Morgan fingerprint density at radius 3 is 2.37 bits per heavy atom. The first-order valence-corrected chi connectivity index (χ1v) is 9.38. The van der Waals surface area contributed by atoms with Crippen LogP contribution in [0.15, 0.2) is 35.1 Å². The van der Waals surface area contributed by atoms with Crippen LogP contribution in [0.2, 0.25) is 5.02 Å². The van der Waals surface area contributed by atoms with Gasteiger partial charge in [0.05, 0.1) is 11.6 Å². The van der Waals surface area contributed by atoms with Crippen molar-refractivity contribution in [3.05, 3.63) is 51.5 Å². The third kappa shape index (κ3) is 4.46. The molecule has 0 aliphatic heterocycles. The molecule has 0 radical (unpaired) electrons. The van der Waals surface area contributed by atoms with Gasteiger partial charge in [-0.05, 0) is 56.9 Å². The Hall–Kier alpha value is -2.02. The number of anilines is 1. The summed E-state index contributed by atoms with van der Waals surface area (Å²) >= 11 is 5.93. The Labute approximate surface area is 160 Å². The van der Waals surface area contributed by atoms with Crippen molar-refractivity contribution in [2.75, 3.05) is 11.9 Å². The molecular formula is C19H21ClF3N3O. The lowest BCUT2D eigenvalue weighted by molar-refractivity contribution is -0.182. The van der Waals surface area contributed by atoms with Gasteiger partial charge in [-0.1, -0.05) is 11.6 Å². The maximum atomic E-state index is 13.0. The van der Waals surface area contributed by atoms with Gasteiger partial charge in [-0.3, -0.25) is 9.36 Å². The van der Waals surface area contributed by atoms with Crippen LogP contribution in [0.25, 0.3) is 5.69 Å². The fraction of sp³-hybridized carbons (Fsp3) is 0.474. The number of hydrogen-bond acceptors (Lipinski definition) is 3. The van der Waals surface area contributed by atoms with E-state index in [9.17, 15) is 18.0 Å². The lowest BCUT2D eigenvalue weighted by Gasteiger charge is -2.30. The van der Waals surface area contributed by atoms with Crippen LogP contribution in [-0.2, 0) is 0 Å². The summed E-state index contributed by atoms with van der Waals surface area (Å²) in [6, 6.07) is 8.17. The van der Waals surface area contributed by atoms with E-state index in [1.165, 1.54) is 10.6 Å². The predicted molar refractivity (Wildman–Crippen MR) is 99.8 cm³/mol. The molecule has 1 fully saturated rings. The SMILES string of the molecule is CCNc1cc(=O)n(-c2ccc(Cl)cc2)c(C2CCC(C(F)(F)F)CC2)n1. The van der Waals surface area contributed by atoms with E-state index in [2.05, 4.69) is 10.3 Å². The highest BCUT2D eigenvalue weighted by Crippen LogP contribution is 2.42. The number of hydrogen-bond donors (Lipinski definition) is 1. The summed E-state index contributed by atoms with van der Waals surface area (Å²) in [4.78, 5) is 17.3. The molecule has 1 heterocycles. The summed E-state index contributed by atoms with van der Waals surface area (Å²) < 4.78 is 40.4. The molecule has 0 amide bonds. The first kappa shape index (κ1) is 19.7. The van der Waals surface area contributed by atoms with Crippen LogP contribution in [0.3, 0.4) is 0 Å². The normalized spacial score (nSPS) is 20.5. The zero-order valence-electron chi connectivity index (χ0n) is 14.9. The lowest BCUT2D eigenvalue weighted by atomic mass is 9.81. The fourth-order valence-corrected chi connectivity index (χ4v) is 3.70. The van der Waals surface area contributed by atoms with E-state index in [0.29, 0.717) is 41.7 Å². The van der Waals surface area contributed by atoms with E-state index < -0.39 is 12.1 Å². The fourth-order valence-electron chi connectivity index (χ4n) is 3.57. The third-order valence-electron chi connectivity index (χ3n) is 4.94. The molecule has 1 aliphatic carbocycles. The van der Waals surface area contributed by atoms with E-state index in [1.807, 2.05) is 6.92 Å². The van der Waals surface area contributed by atoms with Gasteiger partial charge < -0.3 is 5.32 Å². The van der Waals surface area contributed by atoms with Crippen molar-refractivity contribution in [1.29, 1.82) is 0 Å². The minimum absolute atomic E-state index is 0.0517. The van der Waals surface area contributed by atoms with Gasteiger partial charge in [0.25, 0.3) is 5.56 Å². The second-order valence-corrected chi connectivity index (χ2v) is 7.21. The molecule has 8 heteroatoms. The molecule has 1 aliphatic rings. The Bertz CT molecular complexity index is 841. The zero-order chi connectivity index (χ0) is 19.6. The molecule has 3 rings (SSSR count). The second kappa shape index (κ2) is 7.92. The maximum Gasteiger partial charge on any atom is 0.391 e.